The lowest BCUT2D eigenvalue weighted by Gasteiger charge is -2.28. The number of amides is 1. The molecule has 0 bridgehead atoms. The van der Waals surface area contributed by atoms with Crippen molar-refractivity contribution >= 4 is 13.7 Å². The van der Waals surface area contributed by atoms with Crippen molar-refractivity contribution in [2.45, 2.75) is 257 Å². The Kier molecular flexibility index (Phi) is 37.0. The molecule has 1 amide bonds. The number of phosphoric ester groups is 1. The van der Waals surface area contributed by atoms with Gasteiger partial charge in [0, 0.05) is 0 Å². The van der Waals surface area contributed by atoms with Gasteiger partial charge in [-0.15, -0.1) is 0 Å². The Morgan fingerprint density at radius 2 is 0.788 bits per heavy atom. The monoisotopic (exact) mass is 764 g/mol. The van der Waals surface area contributed by atoms with Crippen LogP contribution < -0.4 is 5.32 Å². The van der Waals surface area contributed by atoms with Gasteiger partial charge in [-0.3, -0.25) is 9.32 Å². The molecular weight excluding hydrogens is 677 g/mol. The molecule has 9 nitrogen and oxygen atoms in total. The summed E-state index contributed by atoms with van der Waals surface area (Å²) >= 11 is 0. The Balaban J connectivity index is 4.05. The first-order valence-electron chi connectivity index (χ1n) is 22.2. The van der Waals surface area contributed by atoms with E-state index in [0.29, 0.717) is 19.3 Å². The summed E-state index contributed by atoms with van der Waals surface area (Å²) < 4.78 is 15.9. The molecule has 4 atom stereocenters. The van der Waals surface area contributed by atoms with Gasteiger partial charge in [0.25, 0.3) is 0 Å². The lowest BCUT2D eigenvalue weighted by molar-refractivity contribution is -0.132. The Morgan fingerprint density at radius 1 is 0.500 bits per heavy atom. The van der Waals surface area contributed by atoms with Crippen molar-refractivity contribution in [2.24, 2.45) is 0 Å². The molecule has 0 aromatic heterocycles. The van der Waals surface area contributed by atoms with Crippen LogP contribution in [-0.4, -0.2) is 62.0 Å². The van der Waals surface area contributed by atoms with E-state index in [1.54, 1.807) is 0 Å². The molecule has 0 spiro atoms. The van der Waals surface area contributed by atoms with Gasteiger partial charge in [0.1, 0.15) is 12.2 Å². The van der Waals surface area contributed by atoms with Crippen LogP contribution in [0.1, 0.15) is 232 Å². The first-order chi connectivity index (χ1) is 25.1. The van der Waals surface area contributed by atoms with E-state index >= 15 is 0 Å². The van der Waals surface area contributed by atoms with E-state index in [9.17, 15) is 34.5 Å². The van der Waals surface area contributed by atoms with Crippen LogP contribution in [0.15, 0.2) is 0 Å². The molecule has 0 heterocycles. The Bertz CT molecular complexity index is 813. The third kappa shape index (κ3) is 35.2. The Hall–Kier alpha value is -0.540. The molecule has 0 radical (unpaired) electrons. The van der Waals surface area contributed by atoms with Crippen LogP contribution in [0.5, 0.6) is 0 Å². The van der Waals surface area contributed by atoms with E-state index in [1.165, 1.54) is 154 Å². The number of aliphatic hydroxyl groups excluding tert-OH is 3. The average molecular weight is 764 g/mol. The standard InChI is InChI=1S/C42H86NO8P/c1-3-5-7-9-11-13-15-17-18-19-20-21-22-23-24-26-28-30-32-34-36-40(45)42(47)43-38(37-51-52(48,49)50)41(46)39(44)35-33-31-29-27-25-16-14-12-10-8-6-4-2/h38-41,44-46H,3-37H2,1-2H3,(H,43,47)(H2,48,49,50). The third-order valence-corrected chi connectivity index (χ3v) is 11.0. The van der Waals surface area contributed by atoms with Crippen molar-refractivity contribution < 1.29 is 39.0 Å². The largest absolute Gasteiger partial charge is 0.469 e. The summed E-state index contributed by atoms with van der Waals surface area (Å²) in [5, 5.41) is 34.3. The maximum Gasteiger partial charge on any atom is 0.469 e. The zero-order chi connectivity index (χ0) is 38.5. The summed E-state index contributed by atoms with van der Waals surface area (Å²) in [6, 6.07) is -1.27. The van der Waals surface area contributed by atoms with Crippen molar-refractivity contribution in [3.8, 4) is 0 Å². The van der Waals surface area contributed by atoms with Crippen LogP contribution in [0.4, 0.5) is 0 Å². The fourth-order valence-electron chi connectivity index (χ4n) is 7.04. The molecule has 0 fully saturated rings. The SMILES string of the molecule is CCCCCCCCCCCCCCCCCCCCCCC(O)C(=O)NC(COP(=O)(O)O)C(O)C(O)CCCCCCCCCCCCCC. The van der Waals surface area contributed by atoms with Gasteiger partial charge in [0.15, 0.2) is 0 Å². The van der Waals surface area contributed by atoms with Crippen LogP contribution in [-0.2, 0) is 13.9 Å². The van der Waals surface area contributed by atoms with E-state index in [-0.39, 0.29) is 6.42 Å². The molecule has 0 aliphatic heterocycles. The van der Waals surface area contributed by atoms with Crippen LogP contribution in [0.2, 0.25) is 0 Å². The molecule has 10 heteroatoms. The summed E-state index contributed by atoms with van der Waals surface area (Å²) in [6.07, 6.45) is 36.2. The summed E-state index contributed by atoms with van der Waals surface area (Å²) in [4.78, 5) is 31.0. The highest BCUT2D eigenvalue weighted by molar-refractivity contribution is 7.46. The number of hydrogen-bond acceptors (Lipinski definition) is 6. The predicted molar refractivity (Wildman–Crippen MR) is 216 cm³/mol. The third-order valence-electron chi connectivity index (χ3n) is 10.5. The Morgan fingerprint density at radius 3 is 1.10 bits per heavy atom. The van der Waals surface area contributed by atoms with Crippen LogP contribution >= 0.6 is 7.82 Å². The van der Waals surface area contributed by atoms with Gasteiger partial charge in [-0.05, 0) is 12.8 Å². The van der Waals surface area contributed by atoms with E-state index in [4.69, 9.17) is 0 Å². The smallest absolute Gasteiger partial charge is 0.390 e. The highest BCUT2D eigenvalue weighted by Gasteiger charge is 2.31. The minimum atomic E-state index is -4.86. The molecule has 52 heavy (non-hydrogen) atoms. The molecule has 312 valence electrons. The van der Waals surface area contributed by atoms with Gasteiger partial charge in [-0.2, -0.15) is 0 Å². The number of hydrogen-bond donors (Lipinski definition) is 6. The van der Waals surface area contributed by atoms with Gasteiger partial charge < -0.3 is 30.4 Å². The minimum absolute atomic E-state index is 0.258. The van der Waals surface area contributed by atoms with Crippen LogP contribution in [0, 0.1) is 0 Å². The number of unbranched alkanes of at least 4 members (excludes halogenated alkanes) is 30. The summed E-state index contributed by atoms with van der Waals surface area (Å²) in [5.41, 5.74) is 0. The molecule has 0 aliphatic rings. The maximum absolute atomic E-state index is 12.7. The second kappa shape index (κ2) is 37.4. The molecule has 0 saturated carbocycles. The number of aliphatic hydroxyl groups is 3. The minimum Gasteiger partial charge on any atom is -0.390 e. The van der Waals surface area contributed by atoms with E-state index in [1.807, 2.05) is 0 Å². The quantitative estimate of drug-likeness (QED) is 0.0265. The number of carbonyl (C=O) groups excluding carboxylic acids is 1. The van der Waals surface area contributed by atoms with Crippen molar-refractivity contribution in [2.75, 3.05) is 6.61 Å². The number of carbonyl (C=O) groups is 1. The molecular formula is C42H86NO8P. The summed E-state index contributed by atoms with van der Waals surface area (Å²) in [7, 11) is -4.86. The zero-order valence-electron chi connectivity index (χ0n) is 34.0. The lowest BCUT2D eigenvalue weighted by Crippen LogP contribution is -2.53. The number of nitrogens with one attached hydrogen (secondary N) is 1. The molecule has 4 unspecified atom stereocenters. The predicted octanol–water partition coefficient (Wildman–Crippen LogP) is 11.0. The second-order valence-electron chi connectivity index (χ2n) is 15.7. The van der Waals surface area contributed by atoms with Gasteiger partial charge in [-0.1, -0.05) is 219 Å². The zero-order valence-corrected chi connectivity index (χ0v) is 34.9. The normalized spacial score (nSPS) is 14.4. The van der Waals surface area contributed by atoms with Crippen molar-refractivity contribution in [1.82, 2.24) is 5.32 Å². The highest BCUT2D eigenvalue weighted by atomic mass is 31.2. The van der Waals surface area contributed by atoms with Crippen molar-refractivity contribution in [3.63, 3.8) is 0 Å². The molecule has 0 aromatic rings. The van der Waals surface area contributed by atoms with E-state index in [2.05, 4.69) is 23.7 Å². The summed E-state index contributed by atoms with van der Waals surface area (Å²) in [5.74, 6) is -0.742. The van der Waals surface area contributed by atoms with Crippen LogP contribution in [0.25, 0.3) is 0 Å². The first kappa shape index (κ1) is 51.5. The maximum atomic E-state index is 12.7. The first-order valence-corrected chi connectivity index (χ1v) is 23.7. The lowest BCUT2D eigenvalue weighted by atomic mass is 9.99. The fraction of sp³-hybridized carbons (Fsp3) is 0.976. The molecule has 0 saturated heterocycles. The fourth-order valence-corrected chi connectivity index (χ4v) is 7.39. The van der Waals surface area contributed by atoms with Gasteiger partial charge in [0.2, 0.25) is 5.91 Å². The number of rotatable bonds is 41. The van der Waals surface area contributed by atoms with Crippen LogP contribution in [0.3, 0.4) is 0 Å². The van der Waals surface area contributed by atoms with Crippen molar-refractivity contribution in [1.29, 1.82) is 0 Å². The topological polar surface area (TPSA) is 157 Å². The van der Waals surface area contributed by atoms with E-state index < -0.39 is 44.7 Å². The van der Waals surface area contributed by atoms with Gasteiger partial charge in [-0.25, -0.2) is 4.57 Å². The molecule has 0 rings (SSSR count). The van der Waals surface area contributed by atoms with Gasteiger partial charge in [0.05, 0.1) is 18.8 Å². The van der Waals surface area contributed by atoms with Gasteiger partial charge >= 0.3 is 7.82 Å². The number of phosphoric acid groups is 1. The average Bonchev–Trinajstić information content (AvgIpc) is 3.11. The molecule has 0 aliphatic carbocycles. The van der Waals surface area contributed by atoms with E-state index in [0.717, 1.165) is 38.5 Å². The Labute approximate surface area is 320 Å². The molecule has 6 N–H and O–H groups in total. The second-order valence-corrected chi connectivity index (χ2v) is 16.9. The van der Waals surface area contributed by atoms with Crippen molar-refractivity contribution in [3.05, 3.63) is 0 Å². The summed E-state index contributed by atoms with van der Waals surface area (Å²) in [6.45, 7) is 3.82. The molecule has 0 aromatic carbocycles. The highest BCUT2D eigenvalue weighted by Crippen LogP contribution is 2.36.